The van der Waals surface area contributed by atoms with Crippen molar-refractivity contribution in [2.45, 2.75) is 0 Å². The Morgan fingerprint density at radius 2 is 1.81 bits per heavy atom. The van der Waals surface area contributed by atoms with Crippen molar-refractivity contribution < 1.29 is 9.53 Å². The summed E-state index contributed by atoms with van der Waals surface area (Å²) >= 11 is 12.1. The molecule has 0 radical (unpaired) electrons. The molecule has 0 aliphatic carbocycles. The number of anilines is 3. The number of rotatable bonds is 5. The van der Waals surface area contributed by atoms with Crippen LogP contribution in [0.15, 0.2) is 54.7 Å². The van der Waals surface area contributed by atoms with Gasteiger partial charge in [0, 0.05) is 6.20 Å². The van der Waals surface area contributed by atoms with Gasteiger partial charge in [0.05, 0.1) is 28.5 Å². The van der Waals surface area contributed by atoms with Crippen molar-refractivity contribution in [2.75, 3.05) is 17.7 Å². The lowest BCUT2D eigenvalue weighted by Crippen LogP contribution is -2.15. The van der Waals surface area contributed by atoms with Gasteiger partial charge in [-0.15, -0.1) is 0 Å². The molecular weight excluding hydrogens is 375 g/mol. The first-order valence-corrected chi connectivity index (χ1v) is 8.32. The number of benzene rings is 2. The van der Waals surface area contributed by atoms with Crippen molar-refractivity contribution in [3.63, 3.8) is 0 Å². The maximum Gasteiger partial charge on any atom is 0.274 e. The number of nitrogens with one attached hydrogen (secondary N) is 2. The van der Waals surface area contributed by atoms with E-state index in [1.54, 1.807) is 36.4 Å². The van der Waals surface area contributed by atoms with Gasteiger partial charge in [0.1, 0.15) is 11.4 Å². The van der Waals surface area contributed by atoms with Crippen LogP contribution < -0.4 is 15.4 Å². The SMILES string of the molecule is COc1ccccc1NC(=O)c1ccnc(Nc2cccc(Cl)c2Cl)n1. The Morgan fingerprint density at radius 3 is 2.62 bits per heavy atom. The van der Waals surface area contributed by atoms with Crippen LogP contribution in [0, 0.1) is 0 Å². The normalized spacial score (nSPS) is 10.3. The zero-order valence-electron chi connectivity index (χ0n) is 13.7. The van der Waals surface area contributed by atoms with Crippen molar-refractivity contribution in [3.05, 3.63) is 70.5 Å². The molecule has 132 valence electrons. The van der Waals surface area contributed by atoms with Gasteiger partial charge in [-0.2, -0.15) is 0 Å². The Labute approximate surface area is 160 Å². The summed E-state index contributed by atoms with van der Waals surface area (Å²) in [4.78, 5) is 20.8. The monoisotopic (exact) mass is 388 g/mol. The second kappa shape index (κ2) is 8.03. The number of carbonyl (C=O) groups excluding carboxylic acids is 1. The zero-order chi connectivity index (χ0) is 18.5. The third-order valence-corrected chi connectivity index (χ3v) is 4.26. The molecule has 0 unspecified atom stereocenters. The van der Waals surface area contributed by atoms with E-state index in [-0.39, 0.29) is 11.6 Å². The van der Waals surface area contributed by atoms with E-state index in [9.17, 15) is 4.79 Å². The molecule has 2 aromatic carbocycles. The Balaban J connectivity index is 1.80. The third-order valence-electron chi connectivity index (χ3n) is 3.44. The molecule has 0 bridgehead atoms. The largest absolute Gasteiger partial charge is 0.495 e. The smallest absolute Gasteiger partial charge is 0.274 e. The first kappa shape index (κ1) is 18.0. The fourth-order valence-corrected chi connectivity index (χ4v) is 2.55. The number of carbonyl (C=O) groups is 1. The van der Waals surface area contributed by atoms with Gasteiger partial charge in [0.25, 0.3) is 5.91 Å². The lowest BCUT2D eigenvalue weighted by molar-refractivity contribution is 0.102. The summed E-state index contributed by atoms with van der Waals surface area (Å²) in [5.41, 5.74) is 1.28. The molecule has 1 amide bonds. The molecule has 0 saturated carbocycles. The summed E-state index contributed by atoms with van der Waals surface area (Å²) in [6, 6.07) is 13.8. The predicted octanol–water partition coefficient (Wildman–Crippen LogP) is 4.79. The lowest BCUT2D eigenvalue weighted by atomic mass is 10.2. The van der Waals surface area contributed by atoms with Gasteiger partial charge < -0.3 is 15.4 Å². The summed E-state index contributed by atoms with van der Waals surface area (Å²) in [7, 11) is 1.53. The number of ether oxygens (including phenoxy) is 1. The van der Waals surface area contributed by atoms with Crippen molar-refractivity contribution in [3.8, 4) is 5.75 Å². The van der Waals surface area contributed by atoms with Gasteiger partial charge in [-0.1, -0.05) is 41.4 Å². The van der Waals surface area contributed by atoms with E-state index in [0.29, 0.717) is 27.2 Å². The number of nitrogens with zero attached hydrogens (tertiary/aromatic N) is 2. The maximum atomic E-state index is 12.5. The highest BCUT2D eigenvalue weighted by atomic mass is 35.5. The van der Waals surface area contributed by atoms with E-state index < -0.39 is 5.91 Å². The molecule has 0 aliphatic heterocycles. The summed E-state index contributed by atoms with van der Waals surface area (Å²) in [5.74, 6) is 0.387. The van der Waals surface area contributed by atoms with Gasteiger partial charge in [-0.3, -0.25) is 4.79 Å². The van der Waals surface area contributed by atoms with E-state index in [2.05, 4.69) is 20.6 Å². The molecule has 0 spiro atoms. The number of aromatic nitrogens is 2. The molecule has 26 heavy (non-hydrogen) atoms. The topological polar surface area (TPSA) is 76.1 Å². The molecule has 3 aromatic rings. The highest BCUT2D eigenvalue weighted by molar-refractivity contribution is 6.43. The third kappa shape index (κ3) is 4.04. The minimum Gasteiger partial charge on any atom is -0.495 e. The van der Waals surface area contributed by atoms with E-state index in [0.717, 1.165) is 0 Å². The Morgan fingerprint density at radius 1 is 1.04 bits per heavy atom. The second-order valence-corrected chi connectivity index (χ2v) is 5.93. The summed E-state index contributed by atoms with van der Waals surface area (Å²) in [5, 5.41) is 6.46. The average molecular weight is 389 g/mol. The van der Waals surface area contributed by atoms with Crippen molar-refractivity contribution in [1.82, 2.24) is 9.97 Å². The standard InChI is InChI=1S/C18H14Cl2N4O2/c1-26-15-8-3-2-6-12(15)22-17(25)14-9-10-21-18(24-14)23-13-7-4-5-11(19)16(13)20/h2-10H,1H3,(H,22,25)(H,21,23,24). The Bertz CT molecular complexity index is 950. The Kier molecular flexibility index (Phi) is 5.55. The second-order valence-electron chi connectivity index (χ2n) is 5.15. The average Bonchev–Trinajstić information content (AvgIpc) is 2.66. The molecule has 1 aromatic heterocycles. The van der Waals surface area contributed by atoms with Gasteiger partial charge in [-0.05, 0) is 30.3 Å². The van der Waals surface area contributed by atoms with Crippen molar-refractivity contribution >= 4 is 46.4 Å². The molecule has 0 aliphatic rings. The van der Waals surface area contributed by atoms with E-state index in [1.165, 1.54) is 19.4 Å². The minimum absolute atomic E-state index is 0.187. The van der Waals surface area contributed by atoms with Crippen molar-refractivity contribution in [1.29, 1.82) is 0 Å². The van der Waals surface area contributed by atoms with Crippen LogP contribution in [0.3, 0.4) is 0 Å². The molecule has 0 saturated heterocycles. The maximum absolute atomic E-state index is 12.5. The van der Waals surface area contributed by atoms with E-state index in [1.807, 2.05) is 6.07 Å². The first-order chi connectivity index (χ1) is 12.6. The molecule has 8 heteroatoms. The quantitative estimate of drug-likeness (QED) is 0.656. The van der Waals surface area contributed by atoms with Crippen LogP contribution in [-0.4, -0.2) is 23.0 Å². The van der Waals surface area contributed by atoms with Crippen LogP contribution in [0.5, 0.6) is 5.75 Å². The molecule has 0 fully saturated rings. The number of methoxy groups -OCH3 is 1. The van der Waals surface area contributed by atoms with Gasteiger partial charge >= 0.3 is 0 Å². The number of hydrogen-bond acceptors (Lipinski definition) is 5. The van der Waals surface area contributed by atoms with Crippen LogP contribution in [0.25, 0.3) is 0 Å². The van der Waals surface area contributed by atoms with Crippen molar-refractivity contribution in [2.24, 2.45) is 0 Å². The van der Waals surface area contributed by atoms with Gasteiger partial charge in [-0.25, -0.2) is 9.97 Å². The number of para-hydroxylation sites is 2. The van der Waals surface area contributed by atoms with E-state index in [4.69, 9.17) is 27.9 Å². The fraction of sp³-hybridized carbons (Fsp3) is 0.0556. The van der Waals surface area contributed by atoms with E-state index >= 15 is 0 Å². The van der Waals surface area contributed by atoms with Crippen LogP contribution in [0.4, 0.5) is 17.3 Å². The van der Waals surface area contributed by atoms with Gasteiger partial charge in [0.2, 0.25) is 5.95 Å². The Hall–Kier alpha value is -2.83. The molecular formula is C18H14Cl2N4O2. The summed E-state index contributed by atoms with van der Waals surface area (Å²) in [6.45, 7) is 0. The molecule has 0 atom stereocenters. The van der Waals surface area contributed by atoms with Gasteiger partial charge in [0.15, 0.2) is 0 Å². The molecule has 2 N–H and O–H groups in total. The number of amides is 1. The first-order valence-electron chi connectivity index (χ1n) is 7.57. The lowest BCUT2D eigenvalue weighted by Gasteiger charge is -2.11. The van der Waals surface area contributed by atoms with Crippen LogP contribution >= 0.6 is 23.2 Å². The molecule has 3 rings (SSSR count). The van der Waals surface area contributed by atoms with Crippen LogP contribution in [0.2, 0.25) is 10.0 Å². The summed E-state index contributed by atoms with van der Waals surface area (Å²) < 4.78 is 5.22. The number of hydrogen-bond donors (Lipinski definition) is 2. The minimum atomic E-state index is -0.392. The number of halogens is 2. The van der Waals surface area contributed by atoms with Crippen LogP contribution in [-0.2, 0) is 0 Å². The molecule has 6 nitrogen and oxygen atoms in total. The molecule has 1 heterocycles. The predicted molar refractivity (Wildman–Crippen MR) is 103 cm³/mol. The highest BCUT2D eigenvalue weighted by Gasteiger charge is 2.13. The highest BCUT2D eigenvalue weighted by Crippen LogP contribution is 2.31. The summed E-state index contributed by atoms with van der Waals surface area (Å²) in [6.07, 6.45) is 1.48. The van der Waals surface area contributed by atoms with Crippen LogP contribution in [0.1, 0.15) is 10.5 Å². The fourth-order valence-electron chi connectivity index (χ4n) is 2.20. The zero-order valence-corrected chi connectivity index (χ0v) is 15.2.